The van der Waals surface area contributed by atoms with Crippen LogP contribution in [0.15, 0.2) is 69.9 Å². The third kappa shape index (κ3) is 6.31. The fourth-order valence-electron chi connectivity index (χ4n) is 4.00. The third-order valence-corrected chi connectivity index (χ3v) is 5.68. The van der Waals surface area contributed by atoms with Crippen molar-refractivity contribution in [1.82, 2.24) is 9.80 Å². The lowest BCUT2D eigenvalue weighted by Crippen LogP contribution is -2.45. The van der Waals surface area contributed by atoms with Gasteiger partial charge in [0.25, 0.3) is 0 Å². The van der Waals surface area contributed by atoms with E-state index in [2.05, 4.69) is 39.4 Å². The van der Waals surface area contributed by atoms with E-state index >= 15 is 0 Å². The number of anilines is 1. The van der Waals surface area contributed by atoms with E-state index in [-0.39, 0.29) is 6.61 Å². The molecule has 1 fully saturated rings. The highest BCUT2D eigenvalue weighted by Crippen LogP contribution is 2.23. The van der Waals surface area contributed by atoms with Crippen molar-refractivity contribution < 1.29 is 13.9 Å². The quantitative estimate of drug-likeness (QED) is 0.548. The maximum atomic E-state index is 12.2. The lowest BCUT2D eigenvalue weighted by molar-refractivity contribution is 0.137. The van der Waals surface area contributed by atoms with Crippen LogP contribution >= 0.6 is 0 Å². The molecule has 0 bridgehead atoms. The first-order chi connectivity index (χ1) is 16.1. The van der Waals surface area contributed by atoms with Gasteiger partial charge in [0.15, 0.2) is 0 Å². The van der Waals surface area contributed by atoms with E-state index in [1.165, 1.54) is 5.56 Å². The minimum Gasteiger partial charge on any atom is -0.450 e. The van der Waals surface area contributed by atoms with E-state index < -0.39 is 11.7 Å². The van der Waals surface area contributed by atoms with Crippen molar-refractivity contribution in [2.45, 2.75) is 13.5 Å². The molecule has 1 aliphatic rings. The molecule has 0 radical (unpaired) electrons. The molecule has 0 saturated carbocycles. The molecular formula is C26H29N3O4. The molecule has 1 saturated heterocycles. The molecule has 1 amide bonds. The number of nitrogens with zero attached hydrogens (tertiary/aromatic N) is 2. The van der Waals surface area contributed by atoms with E-state index in [1.807, 2.05) is 24.3 Å². The van der Waals surface area contributed by atoms with Gasteiger partial charge >= 0.3 is 11.7 Å². The van der Waals surface area contributed by atoms with Crippen LogP contribution < -0.4 is 10.9 Å². The minimum absolute atomic E-state index is 0.287. The molecule has 7 nitrogen and oxygen atoms in total. The van der Waals surface area contributed by atoms with Crippen LogP contribution in [0.25, 0.3) is 17.0 Å². The first-order valence-electron chi connectivity index (χ1n) is 11.3. The second-order valence-electron chi connectivity index (χ2n) is 8.04. The fourth-order valence-corrected chi connectivity index (χ4v) is 4.00. The molecule has 1 N–H and O–H groups in total. The summed E-state index contributed by atoms with van der Waals surface area (Å²) in [7, 11) is 0. The first kappa shape index (κ1) is 22.8. The number of nitrogens with one attached hydrogen (secondary N) is 1. The number of piperazine rings is 1. The van der Waals surface area contributed by atoms with Crippen molar-refractivity contribution in [3.8, 4) is 0 Å². The Morgan fingerprint density at radius 3 is 2.58 bits per heavy atom. The zero-order valence-corrected chi connectivity index (χ0v) is 18.8. The average Bonchev–Trinajstić information content (AvgIpc) is 2.81. The third-order valence-electron chi connectivity index (χ3n) is 5.68. The lowest BCUT2D eigenvalue weighted by atomic mass is 10.1. The summed E-state index contributed by atoms with van der Waals surface area (Å²) < 4.78 is 10.3. The smallest absolute Gasteiger partial charge is 0.411 e. The Bertz CT molecular complexity index is 1170. The van der Waals surface area contributed by atoms with Gasteiger partial charge in [0.05, 0.1) is 6.61 Å². The van der Waals surface area contributed by atoms with Gasteiger partial charge in [-0.3, -0.25) is 15.1 Å². The summed E-state index contributed by atoms with van der Waals surface area (Å²) in [5.41, 5.74) is 2.73. The van der Waals surface area contributed by atoms with Crippen LogP contribution in [0.3, 0.4) is 0 Å². The van der Waals surface area contributed by atoms with Crippen LogP contribution in [-0.4, -0.2) is 55.2 Å². The number of rotatable bonds is 7. The SMILES string of the molecule is CCOC(=O)Nc1ccc2c(CN3CCN(CC=Cc4ccccc4)CC3)cc(=O)oc2c1. The van der Waals surface area contributed by atoms with Crippen molar-refractivity contribution in [2.75, 3.05) is 44.6 Å². The topological polar surface area (TPSA) is 75.0 Å². The predicted molar refractivity (Wildman–Crippen MR) is 130 cm³/mol. The van der Waals surface area contributed by atoms with Crippen molar-refractivity contribution in [2.24, 2.45) is 0 Å². The highest BCUT2D eigenvalue weighted by Gasteiger charge is 2.18. The first-order valence-corrected chi connectivity index (χ1v) is 11.3. The number of ether oxygens (including phenoxy) is 1. The number of hydrogen-bond donors (Lipinski definition) is 1. The molecule has 33 heavy (non-hydrogen) atoms. The predicted octanol–water partition coefficient (Wildman–Crippen LogP) is 4.19. The Hall–Kier alpha value is -3.42. The molecule has 1 aliphatic heterocycles. The number of amides is 1. The van der Waals surface area contributed by atoms with Gasteiger partial charge in [-0.1, -0.05) is 42.5 Å². The number of benzene rings is 2. The largest absolute Gasteiger partial charge is 0.450 e. The molecule has 0 aliphatic carbocycles. The fraction of sp³-hybridized carbons (Fsp3) is 0.308. The Morgan fingerprint density at radius 1 is 1.06 bits per heavy atom. The Morgan fingerprint density at radius 2 is 1.82 bits per heavy atom. The Kier molecular flexibility index (Phi) is 7.55. The van der Waals surface area contributed by atoms with Crippen LogP contribution in [0.2, 0.25) is 0 Å². The standard InChI is InChI=1S/C26H29N3O4/c1-2-32-26(31)27-22-10-11-23-21(17-25(30)33-24(23)18-22)19-29-15-13-28(14-16-29)12-6-9-20-7-4-3-5-8-20/h3-11,17-18H,2,12-16,19H2,1H3,(H,27,31). The van der Waals surface area contributed by atoms with Crippen LogP contribution in [0, 0.1) is 0 Å². The van der Waals surface area contributed by atoms with Gasteiger partial charge in [0.2, 0.25) is 0 Å². The second kappa shape index (κ2) is 10.9. The molecule has 0 spiro atoms. The summed E-state index contributed by atoms with van der Waals surface area (Å²) in [5.74, 6) is 0. The molecule has 4 rings (SSSR count). The van der Waals surface area contributed by atoms with E-state index in [0.29, 0.717) is 17.8 Å². The van der Waals surface area contributed by atoms with E-state index in [9.17, 15) is 9.59 Å². The summed E-state index contributed by atoms with van der Waals surface area (Å²) >= 11 is 0. The molecule has 7 heteroatoms. The normalized spacial score (nSPS) is 15.2. The van der Waals surface area contributed by atoms with Crippen LogP contribution in [-0.2, 0) is 11.3 Å². The van der Waals surface area contributed by atoms with Gasteiger partial charge in [-0.25, -0.2) is 9.59 Å². The zero-order chi connectivity index (χ0) is 23.0. The summed E-state index contributed by atoms with van der Waals surface area (Å²) in [6, 6.07) is 17.2. The highest BCUT2D eigenvalue weighted by molar-refractivity contribution is 5.89. The van der Waals surface area contributed by atoms with E-state index in [4.69, 9.17) is 9.15 Å². The second-order valence-corrected chi connectivity index (χ2v) is 8.04. The van der Waals surface area contributed by atoms with Crippen molar-refractivity contribution >= 4 is 28.8 Å². The zero-order valence-electron chi connectivity index (χ0n) is 18.8. The minimum atomic E-state index is -0.535. The summed E-state index contributed by atoms with van der Waals surface area (Å²) in [6.07, 6.45) is 3.84. The van der Waals surface area contributed by atoms with Gasteiger partial charge in [0, 0.05) is 62.5 Å². The Balaban J connectivity index is 1.36. The summed E-state index contributed by atoms with van der Waals surface area (Å²) in [6.45, 7) is 7.46. The maximum absolute atomic E-state index is 12.2. The van der Waals surface area contributed by atoms with Crippen molar-refractivity contribution in [3.63, 3.8) is 0 Å². The molecule has 0 atom stereocenters. The number of hydrogen-bond acceptors (Lipinski definition) is 6. The maximum Gasteiger partial charge on any atom is 0.411 e. The van der Waals surface area contributed by atoms with Crippen molar-refractivity contribution in [3.05, 3.63) is 82.2 Å². The molecule has 3 aromatic rings. The monoisotopic (exact) mass is 447 g/mol. The highest BCUT2D eigenvalue weighted by atomic mass is 16.5. The van der Waals surface area contributed by atoms with Crippen molar-refractivity contribution in [1.29, 1.82) is 0 Å². The van der Waals surface area contributed by atoms with Gasteiger partial charge < -0.3 is 9.15 Å². The number of carbonyl (C=O) groups is 1. The van der Waals surface area contributed by atoms with Gasteiger partial charge in [-0.2, -0.15) is 0 Å². The molecule has 0 unspecified atom stereocenters. The number of carbonyl (C=O) groups excluding carboxylic acids is 1. The average molecular weight is 448 g/mol. The molecule has 172 valence electrons. The summed E-state index contributed by atoms with van der Waals surface area (Å²) in [4.78, 5) is 28.6. The summed E-state index contributed by atoms with van der Waals surface area (Å²) in [5, 5.41) is 3.52. The van der Waals surface area contributed by atoms with Crippen LogP contribution in [0.4, 0.5) is 10.5 Å². The van der Waals surface area contributed by atoms with Crippen LogP contribution in [0.1, 0.15) is 18.1 Å². The van der Waals surface area contributed by atoms with E-state index in [1.54, 1.807) is 25.1 Å². The number of fused-ring (bicyclic) bond motifs is 1. The van der Waals surface area contributed by atoms with Gasteiger partial charge in [-0.15, -0.1) is 0 Å². The van der Waals surface area contributed by atoms with Crippen LogP contribution in [0.5, 0.6) is 0 Å². The van der Waals surface area contributed by atoms with Gasteiger partial charge in [-0.05, 0) is 30.2 Å². The van der Waals surface area contributed by atoms with E-state index in [0.717, 1.165) is 43.7 Å². The molecule has 2 heterocycles. The molecule has 1 aromatic heterocycles. The Labute approximate surface area is 193 Å². The van der Waals surface area contributed by atoms with Gasteiger partial charge in [0.1, 0.15) is 5.58 Å². The molecule has 2 aromatic carbocycles. The lowest BCUT2D eigenvalue weighted by Gasteiger charge is -2.34. The molecular weight excluding hydrogens is 418 g/mol.